The number of ether oxygens (including phenoxy) is 2. The molecule has 1 aliphatic carbocycles. The average molecular weight is 529 g/mol. The third-order valence-electron chi connectivity index (χ3n) is 6.44. The van der Waals surface area contributed by atoms with Crippen LogP contribution in [0.25, 0.3) is 0 Å². The van der Waals surface area contributed by atoms with Crippen molar-refractivity contribution in [2.75, 3.05) is 13.3 Å². The number of carboxylic acids is 1. The number of aliphatic imine (C=N–C) groups is 1. The fourth-order valence-electron chi connectivity index (χ4n) is 4.46. The highest BCUT2D eigenvalue weighted by Gasteiger charge is 2.87. The number of nitrogens with one attached hydrogen (secondary N) is 1. The Morgan fingerprint density at radius 3 is 2.49 bits per heavy atom. The van der Waals surface area contributed by atoms with Crippen LogP contribution in [0.2, 0.25) is 25.7 Å². The number of fused-ring (bicyclic) bond motifs is 1. The molecule has 1 saturated carbocycles. The normalized spacial score (nSPS) is 29.3. The van der Waals surface area contributed by atoms with Gasteiger partial charge in [0.05, 0.1) is 5.54 Å². The summed E-state index contributed by atoms with van der Waals surface area (Å²) in [4.78, 5) is 30.5. The first-order valence-corrected chi connectivity index (χ1v) is 16.0. The van der Waals surface area contributed by atoms with Crippen molar-refractivity contribution in [2.24, 2.45) is 10.4 Å². The number of carbonyl (C=O) groups excluding carboxylic acids is 1. The minimum Gasteiger partial charge on any atom is -0.480 e. The number of hydrogen-bond acceptors (Lipinski definition) is 6. The lowest BCUT2D eigenvalue weighted by atomic mass is 9.74. The van der Waals surface area contributed by atoms with Crippen molar-refractivity contribution >= 4 is 36.9 Å². The van der Waals surface area contributed by atoms with Gasteiger partial charge in [0.2, 0.25) is 0 Å². The van der Waals surface area contributed by atoms with Crippen LogP contribution in [0.1, 0.15) is 39.7 Å². The fourth-order valence-corrected chi connectivity index (χ4v) is 6.76. The third-order valence-corrected chi connectivity index (χ3v) is 9.58. The van der Waals surface area contributed by atoms with Gasteiger partial charge in [-0.25, -0.2) is 13.8 Å². The number of carboxylic acid groups (broad SMARTS) is 1. The molecule has 3 unspecified atom stereocenters. The second-order valence-corrected chi connectivity index (χ2v) is 18.4. The maximum absolute atomic E-state index is 15.1. The molecule has 1 heterocycles. The molecule has 7 nitrogen and oxygen atoms in total. The summed E-state index contributed by atoms with van der Waals surface area (Å²) in [6.45, 7) is 13.6. The predicted molar refractivity (Wildman–Crippen MR) is 134 cm³/mol. The number of nitrogens with zero attached hydrogens (tertiary/aromatic N) is 1. The highest BCUT2D eigenvalue weighted by atomic mass is 32.2. The number of esters is 1. The standard InChI is InChI=1S/C24H34F2N2O5SSi/c1-21(2,3)33-19(31)23-13-24(23,18(29)30)34-20(27-14-32-11-12-35(5,6)7)28-22(23,4)15-9-8-10-16(25)17(15)26/h8-10H,11-14H2,1-7H3,(H,27,28)(H,29,30). The molecule has 0 aromatic heterocycles. The first kappa shape index (κ1) is 27.6. The van der Waals surface area contributed by atoms with Crippen LogP contribution in [0.4, 0.5) is 8.78 Å². The molecule has 1 saturated heterocycles. The number of hydrogen-bond donors (Lipinski definition) is 2. The second kappa shape index (κ2) is 9.15. The summed E-state index contributed by atoms with van der Waals surface area (Å²) in [7, 11) is -1.30. The van der Waals surface area contributed by atoms with E-state index in [1.165, 1.54) is 19.1 Å². The number of benzene rings is 1. The van der Waals surface area contributed by atoms with Crippen LogP contribution in [0, 0.1) is 17.0 Å². The van der Waals surface area contributed by atoms with E-state index < -0.39 is 52.9 Å². The summed E-state index contributed by atoms with van der Waals surface area (Å²) in [5.41, 5.74) is -4.43. The third kappa shape index (κ3) is 4.99. The van der Waals surface area contributed by atoms with Gasteiger partial charge in [0.25, 0.3) is 0 Å². The first-order valence-electron chi connectivity index (χ1n) is 11.5. The van der Waals surface area contributed by atoms with Gasteiger partial charge in [0.1, 0.15) is 22.5 Å². The molecule has 2 N–H and O–H groups in total. The average Bonchev–Trinajstić information content (AvgIpc) is 3.41. The SMILES string of the molecule is CC(C)(C)OC(=O)C12CC1(C(=O)O)SC(=NCOCC[Si](C)(C)C)NC2(C)c1cccc(F)c1F. The van der Waals surface area contributed by atoms with Gasteiger partial charge in [-0.3, -0.25) is 9.59 Å². The van der Waals surface area contributed by atoms with Crippen LogP contribution in [0.15, 0.2) is 23.2 Å². The van der Waals surface area contributed by atoms with E-state index in [9.17, 15) is 19.1 Å². The molecule has 1 aromatic rings. The maximum Gasteiger partial charge on any atom is 0.321 e. The fraction of sp³-hybridized carbons (Fsp3) is 0.625. The van der Waals surface area contributed by atoms with Gasteiger partial charge in [-0.15, -0.1) is 0 Å². The van der Waals surface area contributed by atoms with Gasteiger partial charge in [-0.1, -0.05) is 43.5 Å². The molecular weight excluding hydrogens is 494 g/mol. The topological polar surface area (TPSA) is 97.2 Å². The molecule has 11 heteroatoms. The molecular formula is C24H34F2N2O5SSi. The summed E-state index contributed by atoms with van der Waals surface area (Å²) < 4.78 is 39.0. The lowest BCUT2D eigenvalue weighted by molar-refractivity contribution is -0.167. The van der Waals surface area contributed by atoms with Gasteiger partial charge in [0.15, 0.2) is 16.8 Å². The Kier molecular flexibility index (Phi) is 7.22. The highest BCUT2D eigenvalue weighted by Crippen LogP contribution is 2.75. The molecule has 0 amide bonds. The zero-order valence-corrected chi connectivity index (χ0v) is 23.1. The van der Waals surface area contributed by atoms with Crippen LogP contribution in [0.3, 0.4) is 0 Å². The molecule has 3 rings (SSSR count). The minimum absolute atomic E-state index is 0.0311. The zero-order valence-electron chi connectivity index (χ0n) is 21.3. The van der Waals surface area contributed by atoms with E-state index in [2.05, 4.69) is 30.0 Å². The van der Waals surface area contributed by atoms with Crippen molar-refractivity contribution in [3.8, 4) is 0 Å². The number of rotatable bonds is 8. The van der Waals surface area contributed by atoms with Gasteiger partial charge in [-0.2, -0.15) is 0 Å². The largest absolute Gasteiger partial charge is 0.480 e. The van der Waals surface area contributed by atoms with Crippen molar-refractivity contribution in [2.45, 2.75) is 75.7 Å². The Bertz CT molecular complexity index is 1060. The Labute approximate surface area is 210 Å². The Hall–Kier alpha value is -1.98. The van der Waals surface area contributed by atoms with Crippen LogP contribution in [-0.2, 0) is 24.6 Å². The van der Waals surface area contributed by atoms with Gasteiger partial charge >= 0.3 is 11.9 Å². The number of aliphatic carboxylic acids is 1. The van der Waals surface area contributed by atoms with Crippen LogP contribution in [-0.4, -0.2) is 54.0 Å². The van der Waals surface area contributed by atoms with E-state index in [4.69, 9.17) is 9.47 Å². The molecule has 0 bridgehead atoms. The molecule has 1 aromatic carbocycles. The molecule has 3 atom stereocenters. The number of carbonyl (C=O) groups is 2. The quantitative estimate of drug-likeness (QED) is 0.286. The molecule has 2 fully saturated rings. The molecule has 0 radical (unpaired) electrons. The van der Waals surface area contributed by atoms with Gasteiger partial charge < -0.3 is 19.9 Å². The van der Waals surface area contributed by atoms with Crippen molar-refractivity contribution in [1.82, 2.24) is 5.32 Å². The molecule has 194 valence electrons. The minimum atomic E-state index is -1.70. The van der Waals surface area contributed by atoms with Crippen LogP contribution >= 0.6 is 11.8 Å². The highest BCUT2D eigenvalue weighted by molar-refractivity contribution is 8.16. The summed E-state index contributed by atoms with van der Waals surface area (Å²) in [5.74, 6) is -4.29. The van der Waals surface area contributed by atoms with Crippen molar-refractivity contribution in [3.63, 3.8) is 0 Å². The van der Waals surface area contributed by atoms with Crippen LogP contribution < -0.4 is 5.32 Å². The van der Waals surface area contributed by atoms with E-state index in [0.29, 0.717) is 6.61 Å². The monoisotopic (exact) mass is 528 g/mol. The Balaban J connectivity index is 2.05. The van der Waals surface area contributed by atoms with Gasteiger partial charge in [0, 0.05) is 20.2 Å². The molecule has 2 aliphatic rings. The second-order valence-electron chi connectivity index (χ2n) is 11.5. The summed E-state index contributed by atoms with van der Waals surface area (Å²) >= 11 is 0.891. The molecule has 0 spiro atoms. The number of halogens is 2. The number of amidine groups is 1. The maximum atomic E-state index is 15.1. The van der Waals surface area contributed by atoms with E-state index in [0.717, 1.165) is 23.9 Å². The lowest BCUT2D eigenvalue weighted by Crippen LogP contribution is -2.61. The zero-order chi connectivity index (χ0) is 26.4. The van der Waals surface area contributed by atoms with E-state index >= 15 is 4.39 Å². The molecule has 35 heavy (non-hydrogen) atoms. The van der Waals surface area contributed by atoms with Crippen LogP contribution in [0.5, 0.6) is 0 Å². The van der Waals surface area contributed by atoms with Crippen molar-refractivity contribution in [3.05, 3.63) is 35.4 Å². The smallest absolute Gasteiger partial charge is 0.321 e. The summed E-state index contributed by atoms with van der Waals surface area (Å²) in [5, 5.41) is 13.5. The predicted octanol–water partition coefficient (Wildman–Crippen LogP) is 4.74. The first-order chi connectivity index (χ1) is 16.0. The lowest BCUT2D eigenvalue weighted by Gasteiger charge is -2.45. The van der Waals surface area contributed by atoms with Crippen molar-refractivity contribution < 1.29 is 33.0 Å². The summed E-state index contributed by atoms with van der Waals surface area (Å²) in [6, 6.07) is 4.58. The molecule has 1 aliphatic heterocycles. The Morgan fingerprint density at radius 2 is 1.91 bits per heavy atom. The summed E-state index contributed by atoms with van der Waals surface area (Å²) in [6.07, 6.45) is -0.135. The number of thioether (sulfide) groups is 1. The van der Waals surface area contributed by atoms with E-state index in [1.807, 2.05) is 0 Å². The van der Waals surface area contributed by atoms with Crippen molar-refractivity contribution in [1.29, 1.82) is 0 Å². The van der Waals surface area contributed by atoms with Gasteiger partial charge in [-0.05, 0) is 46.2 Å². The van der Waals surface area contributed by atoms with E-state index in [-0.39, 0.29) is 23.9 Å². The Morgan fingerprint density at radius 1 is 1.26 bits per heavy atom. The van der Waals surface area contributed by atoms with E-state index in [1.54, 1.807) is 20.8 Å².